The van der Waals surface area contributed by atoms with E-state index in [1.54, 1.807) is 0 Å². The van der Waals surface area contributed by atoms with Crippen LogP contribution in [-0.4, -0.2) is 23.7 Å². The first-order valence-corrected chi connectivity index (χ1v) is 6.84. The first kappa shape index (κ1) is 14.5. The number of hydrogen-bond donors (Lipinski definition) is 2. The van der Waals surface area contributed by atoms with Crippen molar-refractivity contribution >= 4 is 5.91 Å². The van der Waals surface area contributed by atoms with Crippen LogP contribution in [0.25, 0.3) is 0 Å². The Kier molecular flexibility index (Phi) is 5.44. The van der Waals surface area contributed by atoms with Crippen molar-refractivity contribution in [1.29, 1.82) is 0 Å². The third-order valence-electron chi connectivity index (χ3n) is 3.34. The molecule has 0 aromatic rings. The fourth-order valence-electron chi connectivity index (χ4n) is 2.51. The van der Waals surface area contributed by atoms with Crippen molar-refractivity contribution < 1.29 is 9.90 Å². The van der Waals surface area contributed by atoms with E-state index in [2.05, 4.69) is 26.1 Å². The highest BCUT2D eigenvalue weighted by atomic mass is 16.3. The van der Waals surface area contributed by atoms with Gasteiger partial charge in [0.1, 0.15) is 0 Å². The standard InChI is InChI=1S/C14H27NO2/c1-14(2,3)9-12(16)10-15-13(17)11-7-5-4-6-8-11/h11-12,16H,4-10H2,1-3H3,(H,15,17). The molecule has 100 valence electrons. The first-order chi connectivity index (χ1) is 7.88. The third-order valence-corrected chi connectivity index (χ3v) is 3.34. The van der Waals surface area contributed by atoms with Gasteiger partial charge in [-0.15, -0.1) is 0 Å². The van der Waals surface area contributed by atoms with E-state index in [1.807, 2.05) is 0 Å². The van der Waals surface area contributed by atoms with Gasteiger partial charge in [-0.2, -0.15) is 0 Å². The van der Waals surface area contributed by atoms with Gasteiger partial charge in [-0.1, -0.05) is 40.0 Å². The first-order valence-electron chi connectivity index (χ1n) is 6.84. The summed E-state index contributed by atoms with van der Waals surface area (Å²) in [5.41, 5.74) is 0.106. The van der Waals surface area contributed by atoms with Crippen LogP contribution in [0.15, 0.2) is 0 Å². The van der Waals surface area contributed by atoms with Crippen molar-refractivity contribution in [3.8, 4) is 0 Å². The Morgan fingerprint density at radius 2 is 1.88 bits per heavy atom. The van der Waals surface area contributed by atoms with Crippen LogP contribution in [0.2, 0.25) is 0 Å². The van der Waals surface area contributed by atoms with Crippen LogP contribution in [-0.2, 0) is 4.79 Å². The predicted octanol–water partition coefficient (Wildman–Crippen LogP) is 2.48. The number of carbonyl (C=O) groups excluding carboxylic acids is 1. The van der Waals surface area contributed by atoms with Crippen LogP contribution in [0.1, 0.15) is 59.3 Å². The number of aliphatic hydroxyl groups is 1. The number of aliphatic hydroxyl groups excluding tert-OH is 1. The lowest BCUT2D eigenvalue weighted by molar-refractivity contribution is -0.126. The van der Waals surface area contributed by atoms with Gasteiger partial charge in [0.2, 0.25) is 5.91 Å². The molecule has 1 unspecified atom stereocenters. The summed E-state index contributed by atoms with van der Waals surface area (Å²) in [6.07, 6.45) is 5.92. The molecule has 3 heteroatoms. The average Bonchev–Trinajstić information content (AvgIpc) is 2.25. The summed E-state index contributed by atoms with van der Waals surface area (Å²) in [5.74, 6) is 0.322. The van der Waals surface area contributed by atoms with Crippen LogP contribution in [0.3, 0.4) is 0 Å². The average molecular weight is 241 g/mol. The van der Waals surface area contributed by atoms with Gasteiger partial charge in [0.15, 0.2) is 0 Å². The summed E-state index contributed by atoms with van der Waals surface area (Å²) in [7, 11) is 0. The maximum Gasteiger partial charge on any atom is 0.223 e. The molecule has 1 saturated carbocycles. The lowest BCUT2D eigenvalue weighted by Crippen LogP contribution is -2.38. The summed E-state index contributed by atoms with van der Waals surface area (Å²) in [4.78, 5) is 11.8. The maximum absolute atomic E-state index is 11.8. The Morgan fingerprint density at radius 3 is 2.41 bits per heavy atom. The molecule has 1 atom stereocenters. The number of carbonyl (C=O) groups is 1. The molecule has 17 heavy (non-hydrogen) atoms. The molecule has 0 aliphatic heterocycles. The van der Waals surface area contributed by atoms with Crippen LogP contribution in [0.5, 0.6) is 0 Å². The van der Waals surface area contributed by atoms with Gasteiger partial charge < -0.3 is 10.4 Å². The van der Waals surface area contributed by atoms with Crippen molar-refractivity contribution in [3.05, 3.63) is 0 Å². The van der Waals surface area contributed by atoms with Gasteiger partial charge in [0.25, 0.3) is 0 Å². The van der Waals surface area contributed by atoms with E-state index in [0.717, 1.165) is 19.3 Å². The Hall–Kier alpha value is -0.570. The zero-order valence-electron chi connectivity index (χ0n) is 11.5. The molecule has 3 nitrogen and oxygen atoms in total. The lowest BCUT2D eigenvalue weighted by atomic mass is 9.88. The van der Waals surface area contributed by atoms with E-state index in [1.165, 1.54) is 19.3 Å². The maximum atomic E-state index is 11.8. The quantitative estimate of drug-likeness (QED) is 0.794. The van der Waals surface area contributed by atoms with Crippen LogP contribution in [0.4, 0.5) is 0 Å². The van der Waals surface area contributed by atoms with Gasteiger partial charge in [-0.3, -0.25) is 4.79 Å². The monoisotopic (exact) mass is 241 g/mol. The van der Waals surface area contributed by atoms with E-state index in [4.69, 9.17) is 0 Å². The van der Waals surface area contributed by atoms with Crippen LogP contribution >= 0.6 is 0 Å². The second-order valence-electron chi connectivity index (χ2n) is 6.50. The van der Waals surface area contributed by atoms with Crippen LogP contribution in [0, 0.1) is 11.3 Å². The SMILES string of the molecule is CC(C)(C)CC(O)CNC(=O)C1CCCCC1. The highest BCUT2D eigenvalue weighted by molar-refractivity contribution is 5.78. The molecule has 0 aromatic heterocycles. The second-order valence-corrected chi connectivity index (χ2v) is 6.50. The normalized spacial score (nSPS) is 20.0. The molecule has 0 aromatic carbocycles. The summed E-state index contributed by atoms with van der Waals surface area (Å²) in [5, 5.41) is 12.7. The molecule has 0 radical (unpaired) electrons. The van der Waals surface area contributed by atoms with Crippen LogP contribution < -0.4 is 5.32 Å². The number of amides is 1. The lowest BCUT2D eigenvalue weighted by Gasteiger charge is -2.24. The molecule has 1 amide bonds. The molecule has 0 heterocycles. The molecule has 1 fully saturated rings. The molecular weight excluding hydrogens is 214 g/mol. The zero-order chi connectivity index (χ0) is 12.9. The Bertz CT molecular complexity index is 239. The fourth-order valence-corrected chi connectivity index (χ4v) is 2.51. The molecule has 0 saturated heterocycles. The number of nitrogens with one attached hydrogen (secondary N) is 1. The third kappa shape index (κ3) is 6.06. The van der Waals surface area contributed by atoms with Gasteiger partial charge in [-0.25, -0.2) is 0 Å². The molecule has 1 rings (SSSR count). The van der Waals surface area contributed by atoms with Crippen molar-refractivity contribution in [3.63, 3.8) is 0 Å². The summed E-state index contributed by atoms with van der Waals surface area (Å²) < 4.78 is 0. The second kappa shape index (κ2) is 6.39. The largest absolute Gasteiger partial charge is 0.391 e. The zero-order valence-corrected chi connectivity index (χ0v) is 11.5. The Morgan fingerprint density at radius 1 is 1.29 bits per heavy atom. The summed E-state index contributed by atoms with van der Waals surface area (Å²) in [6, 6.07) is 0. The molecule has 0 bridgehead atoms. The summed E-state index contributed by atoms with van der Waals surface area (Å²) >= 11 is 0. The fraction of sp³-hybridized carbons (Fsp3) is 0.929. The highest BCUT2D eigenvalue weighted by Gasteiger charge is 2.22. The minimum atomic E-state index is -0.428. The van der Waals surface area contributed by atoms with Crippen molar-refractivity contribution in [1.82, 2.24) is 5.32 Å². The van der Waals surface area contributed by atoms with Crippen molar-refractivity contribution in [2.24, 2.45) is 11.3 Å². The molecule has 1 aliphatic carbocycles. The molecular formula is C14H27NO2. The van der Waals surface area contributed by atoms with E-state index in [-0.39, 0.29) is 17.2 Å². The van der Waals surface area contributed by atoms with E-state index in [0.29, 0.717) is 6.54 Å². The summed E-state index contributed by atoms with van der Waals surface area (Å²) in [6.45, 7) is 6.68. The van der Waals surface area contributed by atoms with E-state index >= 15 is 0 Å². The van der Waals surface area contributed by atoms with E-state index in [9.17, 15) is 9.90 Å². The van der Waals surface area contributed by atoms with Gasteiger partial charge >= 0.3 is 0 Å². The Labute approximate surface area is 105 Å². The minimum absolute atomic E-state index is 0.106. The van der Waals surface area contributed by atoms with Crippen molar-refractivity contribution in [2.45, 2.75) is 65.4 Å². The molecule has 0 spiro atoms. The highest BCUT2D eigenvalue weighted by Crippen LogP contribution is 2.24. The topological polar surface area (TPSA) is 49.3 Å². The number of rotatable bonds is 4. The predicted molar refractivity (Wildman–Crippen MR) is 69.7 cm³/mol. The minimum Gasteiger partial charge on any atom is -0.391 e. The van der Waals surface area contributed by atoms with Crippen molar-refractivity contribution in [2.75, 3.05) is 6.54 Å². The van der Waals surface area contributed by atoms with Gasteiger partial charge in [-0.05, 0) is 24.7 Å². The molecule has 2 N–H and O–H groups in total. The molecule has 1 aliphatic rings. The smallest absolute Gasteiger partial charge is 0.223 e. The van der Waals surface area contributed by atoms with Gasteiger partial charge in [0, 0.05) is 12.5 Å². The number of hydrogen-bond acceptors (Lipinski definition) is 2. The van der Waals surface area contributed by atoms with Gasteiger partial charge in [0.05, 0.1) is 6.10 Å². The Balaban J connectivity index is 2.22. The van der Waals surface area contributed by atoms with E-state index < -0.39 is 6.10 Å².